The first-order chi connectivity index (χ1) is 8.18. The molecule has 17 heavy (non-hydrogen) atoms. The van der Waals surface area contributed by atoms with Gasteiger partial charge in [0.05, 0.1) is 6.10 Å². The van der Waals surface area contributed by atoms with Crippen LogP contribution in [0.15, 0.2) is 30.3 Å². The summed E-state index contributed by atoms with van der Waals surface area (Å²) in [6.07, 6.45) is 0.689. The summed E-state index contributed by atoms with van der Waals surface area (Å²) in [5.74, 6) is -0.154. The van der Waals surface area contributed by atoms with Gasteiger partial charge in [-0.2, -0.15) is 0 Å². The van der Waals surface area contributed by atoms with Crippen LogP contribution >= 0.6 is 0 Å². The van der Waals surface area contributed by atoms with E-state index in [4.69, 9.17) is 5.73 Å². The Hall–Kier alpha value is -1.39. The van der Waals surface area contributed by atoms with E-state index in [9.17, 15) is 9.90 Å². The third-order valence-electron chi connectivity index (χ3n) is 3.16. The van der Waals surface area contributed by atoms with Gasteiger partial charge in [0.25, 0.3) is 0 Å². The van der Waals surface area contributed by atoms with Gasteiger partial charge in [-0.1, -0.05) is 30.3 Å². The van der Waals surface area contributed by atoms with Crippen LogP contribution in [0.2, 0.25) is 0 Å². The smallest absolute Gasteiger partial charge is 0.242 e. The van der Waals surface area contributed by atoms with Crippen molar-refractivity contribution in [2.45, 2.75) is 31.5 Å². The predicted octanol–water partition coefficient (Wildman–Crippen LogP) is 0.497. The van der Waals surface area contributed by atoms with E-state index in [1.54, 1.807) is 4.90 Å². The molecule has 0 bridgehead atoms. The van der Waals surface area contributed by atoms with Crippen LogP contribution in [0.5, 0.6) is 0 Å². The second kappa shape index (κ2) is 5.29. The second-order valence-corrected chi connectivity index (χ2v) is 4.48. The van der Waals surface area contributed by atoms with E-state index in [0.717, 1.165) is 12.0 Å². The molecule has 4 heteroatoms. The lowest BCUT2D eigenvalue weighted by Crippen LogP contribution is -2.47. The van der Waals surface area contributed by atoms with Crippen molar-refractivity contribution in [2.75, 3.05) is 6.54 Å². The molecule has 1 fully saturated rings. The second-order valence-electron chi connectivity index (χ2n) is 4.48. The van der Waals surface area contributed by atoms with E-state index in [-0.39, 0.29) is 5.91 Å². The first kappa shape index (κ1) is 12.1. The van der Waals surface area contributed by atoms with E-state index >= 15 is 0 Å². The molecule has 1 saturated heterocycles. The molecule has 3 N–H and O–H groups in total. The highest BCUT2D eigenvalue weighted by molar-refractivity contribution is 5.82. The zero-order valence-electron chi connectivity index (χ0n) is 9.75. The van der Waals surface area contributed by atoms with Crippen molar-refractivity contribution < 1.29 is 9.90 Å². The topological polar surface area (TPSA) is 66.6 Å². The van der Waals surface area contributed by atoms with Crippen LogP contribution in [0.25, 0.3) is 0 Å². The van der Waals surface area contributed by atoms with Gasteiger partial charge in [-0.3, -0.25) is 4.79 Å². The quantitative estimate of drug-likeness (QED) is 0.783. The van der Waals surface area contributed by atoms with Crippen LogP contribution < -0.4 is 5.73 Å². The highest BCUT2D eigenvalue weighted by Gasteiger charge is 2.30. The van der Waals surface area contributed by atoms with E-state index in [1.807, 2.05) is 30.3 Å². The molecular formula is C13H18N2O2. The van der Waals surface area contributed by atoms with Crippen molar-refractivity contribution in [3.05, 3.63) is 35.9 Å². The van der Waals surface area contributed by atoms with E-state index in [2.05, 4.69) is 0 Å². The zero-order chi connectivity index (χ0) is 12.3. The van der Waals surface area contributed by atoms with E-state index < -0.39 is 12.1 Å². The lowest BCUT2D eigenvalue weighted by molar-refractivity contribution is -0.134. The first-order valence-electron chi connectivity index (χ1n) is 5.95. The van der Waals surface area contributed by atoms with Gasteiger partial charge in [-0.15, -0.1) is 0 Å². The summed E-state index contributed by atoms with van der Waals surface area (Å²) >= 11 is 0. The van der Waals surface area contributed by atoms with E-state index in [1.165, 1.54) is 0 Å². The maximum atomic E-state index is 12.0. The number of hydrogen-bond acceptors (Lipinski definition) is 3. The van der Waals surface area contributed by atoms with Gasteiger partial charge in [-0.05, 0) is 18.4 Å². The summed E-state index contributed by atoms with van der Waals surface area (Å²) in [6.45, 7) is 1.23. The van der Waals surface area contributed by atoms with Crippen LogP contribution in [0, 0.1) is 0 Å². The lowest BCUT2D eigenvalue weighted by Gasteiger charge is -2.23. The molecule has 1 aliphatic heterocycles. The number of nitrogens with two attached hydrogens (primary N) is 1. The maximum absolute atomic E-state index is 12.0. The Morgan fingerprint density at radius 2 is 2.06 bits per heavy atom. The lowest BCUT2D eigenvalue weighted by atomic mass is 10.1. The number of carbonyl (C=O) groups excluding carboxylic acids is 1. The van der Waals surface area contributed by atoms with Crippen LogP contribution in [0.3, 0.4) is 0 Å². The molecule has 0 aromatic heterocycles. The monoisotopic (exact) mass is 234 g/mol. The Morgan fingerprint density at radius 3 is 2.76 bits per heavy atom. The molecule has 4 nitrogen and oxygen atoms in total. The third kappa shape index (κ3) is 2.84. The Labute approximate surface area is 101 Å². The normalized spacial score (nSPS) is 25.8. The number of hydrogen-bond donors (Lipinski definition) is 2. The Balaban J connectivity index is 2.07. The molecule has 0 unspecified atom stereocenters. The Morgan fingerprint density at radius 1 is 1.35 bits per heavy atom. The van der Waals surface area contributed by atoms with Crippen LogP contribution in [0.4, 0.5) is 0 Å². The van der Waals surface area contributed by atoms with Crippen molar-refractivity contribution >= 4 is 5.91 Å². The van der Waals surface area contributed by atoms with Gasteiger partial charge >= 0.3 is 0 Å². The summed E-state index contributed by atoms with van der Waals surface area (Å²) in [6, 6.07) is 9.05. The molecule has 0 spiro atoms. The van der Waals surface area contributed by atoms with Gasteiger partial charge < -0.3 is 15.7 Å². The largest absolute Gasteiger partial charge is 0.391 e. The highest BCUT2D eigenvalue weighted by atomic mass is 16.3. The first-order valence-corrected chi connectivity index (χ1v) is 5.95. The Bertz CT molecular complexity index is 380. The van der Waals surface area contributed by atoms with Crippen molar-refractivity contribution in [1.82, 2.24) is 4.90 Å². The predicted molar refractivity (Wildman–Crippen MR) is 65.1 cm³/mol. The number of nitrogens with zero attached hydrogens (tertiary/aromatic N) is 1. The molecule has 0 radical (unpaired) electrons. The molecule has 1 heterocycles. The fourth-order valence-electron chi connectivity index (χ4n) is 2.12. The number of likely N-dealkylation sites (tertiary alicyclic amines) is 1. The number of carbonyl (C=O) groups is 1. The fourth-order valence-corrected chi connectivity index (χ4v) is 2.12. The molecule has 0 saturated carbocycles. The molecule has 1 aromatic rings. The molecule has 92 valence electrons. The molecule has 0 aliphatic carbocycles. The summed E-state index contributed by atoms with van der Waals surface area (Å²) < 4.78 is 0. The standard InChI is InChI=1S/C13H18N2O2/c14-12-11(16)7-4-8-15(13(12)17)9-10-5-2-1-3-6-10/h1-3,5-6,11-12,16H,4,7-9,14H2/t11-,12+/m0/s1. The van der Waals surface area contributed by atoms with Crippen molar-refractivity contribution in [3.63, 3.8) is 0 Å². The minimum Gasteiger partial charge on any atom is -0.391 e. The third-order valence-corrected chi connectivity index (χ3v) is 3.16. The summed E-state index contributed by atoms with van der Waals surface area (Å²) in [5, 5.41) is 9.64. The number of amides is 1. The number of rotatable bonds is 2. The summed E-state index contributed by atoms with van der Waals surface area (Å²) in [7, 11) is 0. The van der Waals surface area contributed by atoms with Gasteiger partial charge in [0.2, 0.25) is 5.91 Å². The minimum absolute atomic E-state index is 0.154. The molecular weight excluding hydrogens is 216 g/mol. The van der Waals surface area contributed by atoms with Crippen LogP contribution in [-0.4, -0.2) is 34.6 Å². The minimum atomic E-state index is -0.777. The number of benzene rings is 1. The number of aliphatic hydroxyl groups is 1. The summed E-state index contributed by atoms with van der Waals surface area (Å²) in [4.78, 5) is 13.7. The average molecular weight is 234 g/mol. The molecule has 2 atom stereocenters. The molecule has 1 aliphatic rings. The van der Waals surface area contributed by atoms with Crippen molar-refractivity contribution in [1.29, 1.82) is 0 Å². The van der Waals surface area contributed by atoms with Crippen molar-refractivity contribution in [3.8, 4) is 0 Å². The van der Waals surface area contributed by atoms with E-state index in [0.29, 0.717) is 19.5 Å². The summed E-state index contributed by atoms with van der Waals surface area (Å²) in [5.41, 5.74) is 6.81. The van der Waals surface area contributed by atoms with Crippen LogP contribution in [-0.2, 0) is 11.3 Å². The fraction of sp³-hybridized carbons (Fsp3) is 0.462. The van der Waals surface area contributed by atoms with Gasteiger partial charge in [0.1, 0.15) is 6.04 Å². The Kier molecular flexibility index (Phi) is 3.76. The zero-order valence-corrected chi connectivity index (χ0v) is 9.75. The maximum Gasteiger partial charge on any atom is 0.242 e. The molecule has 1 amide bonds. The molecule has 2 rings (SSSR count). The van der Waals surface area contributed by atoms with Crippen LogP contribution in [0.1, 0.15) is 18.4 Å². The SMILES string of the molecule is N[C@H]1C(=O)N(Cc2ccccc2)CCC[C@@H]1O. The van der Waals surface area contributed by atoms with Crippen molar-refractivity contribution in [2.24, 2.45) is 5.73 Å². The number of aliphatic hydroxyl groups excluding tert-OH is 1. The van der Waals surface area contributed by atoms with Gasteiger partial charge in [-0.25, -0.2) is 0 Å². The highest BCUT2D eigenvalue weighted by Crippen LogP contribution is 2.14. The molecule has 1 aromatic carbocycles. The average Bonchev–Trinajstić information content (AvgIpc) is 2.46. The van der Waals surface area contributed by atoms with Gasteiger partial charge in [0, 0.05) is 13.1 Å². The van der Waals surface area contributed by atoms with Gasteiger partial charge in [0.15, 0.2) is 0 Å².